The topological polar surface area (TPSA) is 106 Å². The number of aryl methyl sites for hydroxylation is 1. The van der Waals surface area contributed by atoms with Crippen LogP contribution in [0.15, 0.2) is 48.5 Å². The molecule has 1 heterocycles. The number of hydrogen-bond donors (Lipinski definition) is 2. The highest BCUT2D eigenvalue weighted by molar-refractivity contribution is 6.34. The van der Waals surface area contributed by atoms with Crippen molar-refractivity contribution >= 4 is 29.1 Å². The highest BCUT2D eigenvalue weighted by Gasteiger charge is 2.19. The van der Waals surface area contributed by atoms with Crippen LogP contribution >= 0.6 is 11.6 Å². The number of benzene rings is 2. The molecule has 0 aliphatic rings. The van der Waals surface area contributed by atoms with E-state index in [9.17, 15) is 24.1 Å². The molecule has 3 rings (SSSR count). The second-order valence-corrected chi connectivity index (χ2v) is 6.83. The summed E-state index contributed by atoms with van der Waals surface area (Å²) in [6.07, 6.45) is 0. The van der Waals surface area contributed by atoms with Crippen molar-refractivity contribution in [3.8, 4) is 5.69 Å². The molecule has 0 unspecified atom stereocenters. The molecule has 0 aliphatic carbocycles. The summed E-state index contributed by atoms with van der Waals surface area (Å²) in [4.78, 5) is 35.0. The molecule has 0 spiro atoms. The first-order chi connectivity index (χ1) is 14.2. The zero-order valence-electron chi connectivity index (χ0n) is 15.9. The van der Waals surface area contributed by atoms with Gasteiger partial charge in [-0.2, -0.15) is 0 Å². The Labute approximate surface area is 175 Å². The third kappa shape index (κ3) is 4.15. The summed E-state index contributed by atoms with van der Waals surface area (Å²) in [7, 11) is 0. The van der Waals surface area contributed by atoms with Crippen LogP contribution in [0.2, 0.25) is 5.02 Å². The smallest absolute Gasteiger partial charge is 0.271 e. The number of non-ortho nitro benzene ring substituents is 1. The molecule has 1 aromatic heterocycles. The third-order valence-corrected chi connectivity index (χ3v) is 4.77. The number of halogens is 2. The molecule has 0 aliphatic heterocycles. The van der Waals surface area contributed by atoms with Crippen LogP contribution in [0.5, 0.6) is 0 Å². The standard InChI is InChI=1S/C20H16ClFN4O4/c1-11-9-17(12(2)25(11)14-5-3-13(22)4-6-14)20(28)24-23-19(27)16-8-7-15(26(29)30)10-18(16)21/h3-10H,1-2H3,(H,23,27)(H,24,28). The van der Waals surface area contributed by atoms with Crippen molar-refractivity contribution in [2.75, 3.05) is 0 Å². The molecular weight excluding hydrogens is 415 g/mol. The molecule has 0 bridgehead atoms. The minimum absolute atomic E-state index is 0.0284. The van der Waals surface area contributed by atoms with Gasteiger partial charge in [-0.3, -0.25) is 30.6 Å². The van der Waals surface area contributed by atoms with Gasteiger partial charge < -0.3 is 4.57 Å². The molecule has 2 N–H and O–H groups in total. The Balaban J connectivity index is 1.75. The molecule has 30 heavy (non-hydrogen) atoms. The van der Waals surface area contributed by atoms with Crippen molar-refractivity contribution in [2.45, 2.75) is 13.8 Å². The first kappa shape index (κ1) is 21.0. The number of carbonyl (C=O) groups is 2. The van der Waals surface area contributed by atoms with E-state index in [1.165, 1.54) is 18.2 Å². The molecule has 3 aromatic rings. The van der Waals surface area contributed by atoms with Gasteiger partial charge in [-0.05, 0) is 50.2 Å². The lowest BCUT2D eigenvalue weighted by atomic mass is 10.2. The van der Waals surface area contributed by atoms with Gasteiger partial charge >= 0.3 is 0 Å². The maximum absolute atomic E-state index is 13.2. The van der Waals surface area contributed by atoms with Crippen LogP contribution in [0.3, 0.4) is 0 Å². The minimum atomic E-state index is -0.726. The van der Waals surface area contributed by atoms with Crippen LogP contribution in [-0.4, -0.2) is 21.3 Å². The quantitative estimate of drug-likeness (QED) is 0.484. The number of rotatable bonds is 4. The van der Waals surface area contributed by atoms with Crippen molar-refractivity contribution in [1.82, 2.24) is 15.4 Å². The predicted octanol–water partition coefficient (Wildman–Crippen LogP) is 3.87. The summed E-state index contributed by atoms with van der Waals surface area (Å²) < 4.78 is 15.0. The zero-order valence-corrected chi connectivity index (χ0v) is 16.7. The van der Waals surface area contributed by atoms with Gasteiger partial charge in [0.25, 0.3) is 17.5 Å². The van der Waals surface area contributed by atoms with Crippen LogP contribution in [-0.2, 0) is 0 Å². The average Bonchev–Trinajstić information content (AvgIpc) is 3.00. The van der Waals surface area contributed by atoms with E-state index in [-0.39, 0.29) is 22.1 Å². The minimum Gasteiger partial charge on any atom is -0.318 e. The second kappa shape index (κ2) is 8.34. The number of nitro benzene ring substituents is 1. The number of hydrogen-bond acceptors (Lipinski definition) is 4. The SMILES string of the molecule is Cc1cc(C(=O)NNC(=O)c2ccc([N+](=O)[O-])cc2Cl)c(C)n1-c1ccc(F)cc1. The summed E-state index contributed by atoms with van der Waals surface area (Å²) in [6.45, 7) is 3.52. The van der Waals surface area contributed by atoms with E-state index in [1.54, 1.807) is 36.6 Å². The first-order valence-corrected chi connectivity index (χ1v) is 9.06. The van der Waals surface area contributed by atoms with Crippen molar-refractivity contribution in [1.29, 1.82) is 0 Å². The van der Waals surface area contributed by atoms with Crippen molar-refractivity contribution in [2.24, 2.45) is 0 Å². The van der Waals surface area contributed by atoms with Crippen LogP contribution in [0.1, 0.15) is 32.1 Å². The Bertz CT molecular complexity index is 1160. The zero-order chi connectivity index (χ0) is 22.0. The fourth-order valence-corrected chi connectivity index (χ4v) is 3.29. The van der Waals surface area contributed by atoms with Crippen molar-refractivity contribution < 1.29 is 18.9 Å². The third-order valence-electron chi connectivity index (χ3n) is 4.46. The molecule has 0 saturated heterocycles. The normalized spacial score (nSPS) is 10.5. The van der Waals surface area contributed by atoms with Crippen LogP contribution < -0.4 is 10.9 Å². The molecule has 154 valence electrons. The fraction of sp³-hybridized carbons (Fsp3) is 0.100. The van der Waals surface area contributed by atoms with E-state index in [4.69, 9.17) is 11.6 Å². The Morgan fingerprint density at radius 1 is 1.00 bits per heavy atom. The number of aromatic nitrogens is 1. The molecule has 0 saturated carbocycles. The number of hydrazine groups is 1. The number of nitrogens with one attached hydrogen (secondary N) is 2. The first-order valence-electron chi connectivity index (χ1n) is 8.68. The molecule has 2 aromatic carbocycles. The number of nitro groups is 1. The maximum Gasteiger partial charge on any atom is 0.271 e. The van der Waals surface area contributed by atoms with Gasteiger partial charge in [0.2, 0.25) is 0 Å². The van der Waals surface area contributed by atoms with E-state index < -0.39 is 16.7 Å². The van der Waals surface area contributed by atoms with Crippen LogP contribution in [0, 0.1) is 29.8 Å². The molecule has 0 atom stereocenters. The molecule has 10 heteroatoms. The lowest BCUT2D eigenvalue weighted by Gasteiger charge is -2.11. The van der Waals surface area contributed by atoms with Gasteiger partial charge in [-0.25, -0.2) is 4.39 Å². The molecule has 2 amide bonds. The second-order valence-electron chi connectivity index (χ2n) is 6.43. The van der Waals surface area contributed by atoms with Gasteiger partial charge in [0.1, 0.15) is 5.82 Å². The molecule has 0 fully saturated rings. The fourth-order valence-electron chi connectivity index (χ4n) is 3.03. The van der Waals surface area contributed by atoms with Crippen LogP contribution in [0.4, 0.5) is 10.1 Å². The maximum atomic E-state index is 13.2. The Morgan fingerprint density at radius 2 is 1.60 bits per heavy atom. The summed E-state index contributed by atoms with van der Waals surface area (Å²) >= 11 is 5.92. The summed E-state index contributed by atoms with van der Waals surface area (Å²) in [5, 5.41) is 10.6. The monoisotopic (exact) mass is 430 g/mol. The van der Waals surface area contributed by atoms with Gasteiger partial charge in [0.15, 0.2) is 0 Å². The van der Waals surface area contributed by atoms with Gasteiger partial charge in [-0.1, -0.05) is 11.6 Å². The number of amides is 2. The Hall–Kier alpha value is -3.72. The van der Waals surface area contributed by atoms with E-state index in [1.807, 2.05) is 0 Å². The van der Waals surface area contributed by atoms with E-state index in [0.717, 1.165) is 17.8 Å². The highest BCUT2D eigenvalue weighted by Crippen LogP contribution is 2.23. The van der Waals surface area contributed by atoms with Gasteiger partial charge in [-0.15, -0.1) is 0 Å². The summed E-state index contributed by atoms with van der Waals surface area (Å²) in [6, 6.07) is 10.9. The lowest BCUT2D eigenvalue weighted by molar-refractivity contribution is -0.384. The molecule has 0 radical (unpaired) electrons. The van der Waals surface area contributed by atoms with E-state index in [0.29, 0.717) is 16.9 Å². The summed E-state index contributed by atoms with van der Waals surface area (Å²) in [5.41, 5.74) is 6.59. The van der Waals surface area contributed by atoms with Crippen molar-refractivity contribution in [3.63, 3.8) is 0 Å². The van der Waals surface area contributed by atoms with Crippen molar-refractivity contribution in [3.05, 3.63) is 92.0 Å². The van der Waals surface area contributed by atoms with E-state index in [2.05, 4.69) is 10.9 Å². The Kier molecular flexibility index (Phi) is 5.84. The number of carbonyl (C=O) groups excluding carboxylic acids is 2. The highest BCUT2D eigenvalue weighted by atomic mass is 35.5. The predicted molar refractivity (Wildman–Crippen MR) is 108 cm³/mol. The number of nitrogens with zero attached hydrogens (tertiary/aromatic N) is 2. The molecular formula is C20H16ClFN4O4. The van der Waals surface area contributed by atoms with Gasteiger partial charge in [0.05, 0.1) is 21.1 Å². The summed E-state index contributed by atoms with van der Waals surface area (Å²) in [5.74, 6) is -1.66. The average molecular weight is 431 g/mol. The van der Waals surface area contributed by atoms with Gasteiger partial charge in [0, 0.05) is 29.2 Å². The lowest BCUT2D eigenvalue weighted by Crippen LogP contribution is -2.41. The Morgan fingerprint density at radius 3 is 2.17 bits per heavy atom. The van der Waals surface area contributed by atoms with Crippen LogP contribution in [0.25, 0.3) is 5.69 Å². The largest absolute Gasteiger partial charge is 0.318 e. The molecule has 8 nitrogen and oxygen atoms in total. The van der Waals surface area contributed by atoms with E-state index >= 15 is 0 Å².